The maximum absolute atomic E-state index is 9.75. The van der Waals surface area contributed by atoms with Crippen LogP contribution in [0.3, 0.4) is 0 Å². The van der Waals surface area contributed by atoms with Crippen molar-refractivity contribution in [2.24, 2.45) is 0 Å². The Labute approximate surface area is 176 Å². The van der Waals surface area contributed by atoms with Gasteiger partial charge in [-0.3, -0.25) is 0 Å². The van der Waals surface area contributed by atoms with Crippen LogP contribution in [0.2, 0.25) is 0 Å². The fourth-order valence-electron chi connectivity index (χ4n) is 4.49. The number of hydrogen-bond donors (Lipinski definition) is 2. The van der Waals surface area contributed by atoms with E-state index in [2.05, 4.69) is 60.7 Å². The highest BCUT2D eigenvalue weighted by molar-refractivity contribution is 6.53. The molecule has 0 amide bonds. The molecule has 0 aromatic heterocycles. The zero-order valence-corrected chi connectivity index (χ0v) is 16.7. The van der Waals surface area contributed by atoms with Gasteiger partial charge >= 0.3 is 7.12 Å². The number of fused-ring (bicyclic) bond motifs is 3. The van der Waals surface area contributed by atoms with Crippen molar-refractivity contribution in [2.75, 3.05) is 0 Å². The lowest BCUT2D eigenvalue weighted by Crippen LogP contribution is -2.13. The van der Waals surface area contributed by atoms with Crippen LogP contribution in [-0.2, 0) is 0 Å². The van der Waals surface area contributed by atoms with Crippen molar-refractivity contribution in [1.29, 1.82) is 0 Å². The average molecular weight is 388 g/mol. The van der Waals surface area contributed by atoms with Crippen LogP contribution < -0.4 is 0 Å². The Morgan fingerprint density at radius 1 is 0.667 bits per heavy atom. The van der Waals surface area contributed by atoms with Crippen LogP contribution in [0.4, 0.5) is 0 Å². The number of rotatable bonds is 4. The molecule has 5 rings (SSSR count). The van der Waals surface area contributed by atoms with Crippen molar-refractivity contribution in [2.45, 2.75) is 6.92 Å². The Balaban J connectivity index is 1.76. The molecule has 0 radical (unpaired) electrons. The van der Waals surface area contributed by atoms with Crippen molar-refractivity contribution in [3.05, 3.63) is 102 Å². The lowest BCUT2D eigenvalue weighted by Gasteiger charge is -2.13. The van der Waals surface area contributed by atoms with Crippen LogP contribution in [0.5, 0.6) is 0 Å². The second-order valence-electron chi connectivity index (χ2n) is 7.54. The van der Waals surface area contributed by atoms with Crippen molar-refractivity contribution >= 4 is 24.0 Å². The highest BCUT2D eigenvalue weighted by atomic mass is 16.4. The molecule has 4 aromatic carbocycles. The molecule has 0 saturated heterocycles. The maximum Gasteiger partial charge on any atom is 0.488 e. The molecule has 0 bridgehead atoms. The van der Waals surface area contributed by atoms with Crippen LogP contribution in [0.25, 0.3) is 50.2 Å². The minimum Gasteiger partial charge on any atom is -0.423 e. The van der Waals surface area contributed by atoms with Crippen molar-refractivity contribution in [3.63, 3.8) is 0 Å². The number of hydrogen-bond acceptors (Lipinski definition) is 2. The van der Waals surface area contributed by atoms with Gasteiger partial charge in [0.2, 0.25) is 0 Å². The van der Waals surface area contributed by atoms with Gasteiger partial charge in [0.1, 0.15) is 0 Å². The van der Waals surface area contributed by atoms with Crippen LogP contribution in [0.1, 0.15) is 12.5 Å². The van der Waals surface area contributed by atoms with Crippen molar-refractivity contribution in [3.8, 4) is 33.4 Å². The molecule has 1 aliphatic carbocycles. The van der Waals surface area contributed by atoms with Gasteiger partial charge in [-0.2, -0.15) is 0 Å². The third-order valence-corrected chi connectivity index (χ3v) is 5.78. The normalized spacial score (nSPS) is 12.6. The summed E-state index contributed by atoms with van der Waals surface area (Å²) in [5.74, 6) is 0. The second-order valence-corrected chi connectivity index (χ2v) is 7.54. The van der Waals surface area contributed by atoms with Crippen LogP contribution in [0.15, 0.2) is 96.5 Å². The fourth-order valence-corrected chi connectivity index (χ4v) is 4.49. The summed E-state index contributed by atoms with van der Waals surface area (Å²) in [5, 5.41) is 22.0. The van der Waals surface area contributed by atoms with Crippen LogP contribution >= 0.6 is 0 Å². The van der Waals surface area contributed by atoms with E-state index in [0.29, 0.717) is 5.47 Å². The zero-order valence-electron chi connectivity index (χ0n) is 16.7. The van der Waals surface area contributed by atoms with E-state index in [1.165, 1.54) is 33.0 Å². The third-order valence-electron chi connectivity index (χ3n) is 5.78. The molecule has 0 spiro atoms. The summed E-state index contributed by atoms with van der Waals surface area (Å²) in [5.41, 5.74) is 8.73. The van der Waals surface area contributed by atoms with Crippen LogP contribution in [-0.4, -0.2) is 17.2 Å². The Kier molecular flexibility index (Phi) is 4.63. The second kappa shape index (κ2) is 7.45. The molecule has 2 N–H and O–H groups in total. The molecule has 4 aromatic rings. The summed E-state index contributed by atoms with van der Waals surface area (Å²) in [7, 11) is -1.52. The van der Waals surface area contributed by atoms with E-state index in [4.69, 9.17) is 0 Å². The summed E-state index contributed by atoms with van der Waals surface area (Å²) in [6.07, 6.45) is 5.38. The van der Waals surface area contributed by atoms with Gasteiger partial charge in [-0.15, -0.1) is 0 Å². The molecule has 0 aliphatic heterocycles. The summed E-state index contributed by atoms with van der Waals surface area (Å²) in [6.45, 7) is 1.86. The lowest BCUT2D eigenvalue weighted by molar-refractivity contribution is 0.421. The van der Waals surface area contributed by atoms with Gasteiger partial charge < -0.3 is 10.0 Å². The number of benzene rings is 4. The first kappa shape index (κ1) is 18.6. The van der Waals surface area contributed by atoms with E-state index >= 15 is 0 Å². The van der Waals surface area contributed by atoms with E-state index < -0.39 is 7.12 Å². The lowest BCUT2D eigenvalue weighted by atomic mass is 9.77. The van der Waals surface area contributed by atoms with Crippen LogP contribution in [0, 0.1) is 0 Å². The predicted molar refractivity (Wildman–Crippen MR) is 127 cm³/mol. The Morgan fingerprint density at radius 3 is 1.97 bits per heavy atom. The first-order chi connectivity index (χ1) is 14.7. The first-order valence-electron chi connectivity index (χ1n) is 10.1. The molecular weight excluding hydrogens is 367 g/mol. The average Bonchev–Trinajstić information content (AvgIpc) is 3.10. The molecule has 3 heteroatoms. The van der Waals surface area contributed by atoms with Gasteiger partial charge in [-0.05, 0) is 62.1 Å². The minimum absolute atomic E-state index is 0.461. The summed E-state index contributed by atoms with van der Waals surface area (Å²) in [4.78, 5) is 0. The number of allylic oxidation sites excluding steroid dienone is 3. The van der Waals surface area contributed by atoms with E-state index in [1.807, 2.05) is 37.3 Å². The SMILES string of the molecule is C/C=C\C(=C/c1ccccc1-c1ccc2c3c(cccc13)-c1ccccc1-2)B(O)O. The highest BCUT2D eigenvalue weighted by Crippen LogP contribution is 2.49. The summed E-state index contributed by atoms with van der Waals surface area (Å²) >= 11 is 0. The van der Waals surface area contributed by atoms with E-state index in [-0.39, 0.29) is 0 Å². The van der Waals surface area contributed by atoms with E-state index in [9.17, 15) is 10.0 Å². The molecule has 30 heavy (non-hydrogen) atoms. The minimum atomic E-state index is -1.52. The van der Waals surface area contributed by atoms with Gasteiger partial charge in [-0.25, -0.2) is 0 Å². The smallest absolute Gasteiger partial charge is 0.423 e. The highest BCUT2D eigenvalue weighted by Gasteiger charge is 2.22. The molecule has 1 aliphatic rings. The van der Waals surface area contributed by atoms with Crippen molar-refractivity contribution < 1.29 is 10.0 Å². The molecule has 0 heterocycles. The first-order valence-corrected chi connectivity index (χ1v) is 10.1. The Bertz CT molecular complexity index is 1300. The predicted octanol–water partition coefficient (Wildman–Crippen LogP) is 6.13. The standard InChI is InChI=1S/C27H21BO2/c1-2-8-19(28(29)30)17-18-9-3-4-10-20(18)23-15-16-26-22-12-6-5-11-21(22)24-13-7-14-25(23)27(24)26/h2-17,29-30H,1H3/b8-2-,19-17+. The van der Waals surface area contributed by atoms with Gasteiger partial charge in [0, 0.05) is 0 Å². The van der Waals surface area contributed by atoms with Gasteiger partial charge in [-0.1, -0.05) is 97.1 Å². The van der Waals surface area contributed by atoms with Gasteiger partial charge in [0.25, 0.3) is 0 Å². The van der Waals surface area contributed by atoms with E-state index in [1.54, 1.807) is 6.08 Å². The van der Waals surface area contributed by atoms with Gasteiger partial charge in [0.05, 0.1) is 0 Å². The molecule has 2 nitrogen and oxygen atoms in total. The zero-order chi connectivity index (χ0) is 20.7. The maximum atomic E-state index is 9.75. The molecule has 144 valence electrons. The Hall–Kier alpha value is -3.40. The largest absolute Gasteiger partial charge is 0.488 e. The fraction of sp³-hybridized carbons (Fsp3) is 0.0370. The molecule has 0 atom stereocenters. The molecule has 0 unspecified atom stereocenters. The monoisotopic (exact) mass is 388 g/mol. The third kappa shape index (κ3) is 2.91. The summed E-state index contributed by atoms with van der Waals surface area (Å²) in [6, 6.07) is 27.5. The van der Waals surface area contributed by atoms with E-state index in [0.717, 1.165) is 16.7 Å². The van der Waals surface area contributed by atoms with Gasteiger partial charge in [0.15, 0.2) is 0 Å². The topological polar surface area (TPSA) is 40.5 Å². The summed E-state index contributed by atoms with van der Waals surface area (Å²) < 4.78 is 0. The molecule has 0 fully saturated rings. The molecule has 0 saturated carbocycles. The molecular formula is C27H21BO2. The van der Waals surface area contributed by atoms with Crippen molar-refractivity contribution in [1.82, 2.24) is 0 Å². The Morgan fingerprint density at radius 2 is 1.27 bits per heavy atom. The quantitative estimate of drug-likeness (QED) is 0.287.